The van der Waals surface area contributed by atoms with Gasteiger partial charge in [0.2, 0.25) is 0 Å². The lowest BCUT2D eigenvalue weighted by atomic mass is 10.1. The van der Waals surface area contributed by atoms with Crippen molar-refractivity contribution in [3.63, 3.8) is 0 Å². The van der Waals surface area contributed by atoms with Crippen LogP contribution in [0.25, 0.3) is 5.69 Å². The Morgan fingerprint density at radius 3 is 2.36 bits per heavy atom. The molecule has 0 aliphatic carbocycles. The van der Waals surface area contributed by atoms with E-state index in [1.165, 1.54) is 26.0 Å². The fourth-order valence-electron chi connectivity index (χ4n) is 3.78. The first-order chi connectivity index (χ1) is 18.4. The number of furan rings is 1. The molecule has 8 nitrogen and oxygen atoms in total. The molecule has 4 rings (SSSR count). The Morgan fingerprint density at radius 2 is 1.77 bits per heavy atom. The zero-order chi connectivity index (χ0) is 28.2. The molecule has 0 aliphatic heterocycles. The summed E-state index contributed by atoms with van der Waals surface area (Å²) < 4.78 is 51.4. The molecule has 206 valence electrons. The quantitative estimate of drug-likeness (QED) is 0.234. The number of nitrogens with one attached hydrogen (secondary N) is 1. The predicted molar refractivity (Wildman–Crippen MR) is 137 cm³/mol. The lowest BCUT2D eigenvalue weighted by Gasteiger charge is -2.24. The van der Waals surface area contributed by atoms with Crippen LogP contribution in [0.15, 0.2) is 77.5 Å². The smallest absolute Gasteiger partial charge is 0.416 e. The van der Waals surface area contributed by atoms with Gasteiger partial charge in [-0.05, 0) is 74.9 Å². The molecule has 0 saturated carbocycles. The molecule has 0 amide bonds. The molecule has 2 heterocycles. The molecule has 0 bridgehead atoms. The van der Waals surface area contributed by atoms with E-state index in [-0.39, 0.29) is 0 Å². The monoisotopic (exact) mass is 542 g/mol. The van der Waals surface area contributed by atoms with Crippen molar-refractivity contribution in [2.45, 2.75) is 52.2 Å². The van der Waals surface area contributed by atoms with Gasteiger partial charge in [-0.2, -0.15) is 18.3 Å². The number of aliphatic carboxylic acids is 1. The van der Waals surface area contributed by atoms with Crippen molar-refractivity contribution in [2.24, 2.45) is 0 Å². The summed E-state index contributed by atoms with van der Waals surface area (Å²) in [6.45, 7) is 6.17. The molecule has 2 aromatic carbocycles. The van der Waals surface area contributed by atoms with Gasteiger partial charge in [-0.1, -0.05) is 12.1 Å². The number of carboxylic acid groups (broad SMARTS) is 1. The highest BCUT2D eigenvalue weighted by molar-refractivity contribution is 5.76. The Balaban J connectivity index is 1.50. The first kappa shape index (κ1) is 27.9. The zero-order valence-electron chi connectivity index (χ0n) is 21.7. The molecule has 0 saturated heterocycles. The van der Waals surface area contributed by atoms with Crippen LogP contribution in [0, 0.1) is 6.92 Å². The summed E-state index contributed by atoms with van der Waals surface area (Å²) in [4.78, 5) is 11.4. The van der Waals surface area contributed by atoms with E-state index in [1.807, 2.05) is 30.1 Å². The molecule has 0 aliphatic rings. The van der Waals surface area contributed by atoms with Crippen LogP contribution in [0.2, 0.25) is 0 Å². The number of nitrogens with zero attached hydrogens (tertiary/aromatic N) is 3. The van der Waals surface area contributed by atoms with Gasteiger partial charge < -0.3 is 14.3 Å². The van der Waals surface area contributed by atoms with Gasteiger partial charge in [-0.25, -0.2) is 19.9 Å². The number of hydrogen-bond acceptors (Lipinski definition) is 6. The second kappa shape index (κ2) is 11.3. The van der Waals surface area contributed by atoms with Crippen LogP contribution in [-0.2, 0) is 30.6 Å². The number of benzene rings is 2. The summed E-state index contributed by atoms with van der Waals surface area (Å²) in [6, 6.07) is 15.7. The topological polar surface area (TPSA) is 92.8 Å². The van der Waals surface area contributed by atoms with Crippen molar-refractivity contribution < 1.29 is 32.2 Å². The molecule has 11 heteroatoms. The van der Waals surface area contributed by atoms with E-state index >= 15 is 0 Å². The minimum absolute atomic E-state index is 0.438. The van der Waals surface area contributed by atoms with Gasteiger partial charge in [0.15, 0.2) is 5.60 Å². The maximum atomic E-state index is 12.9. The minimum atomic E-state index is -4.40. The number of hydrogen-bond donors (Lipinski definition) is 2. The summed E-state index contributed by atoms with van der Waals surface area (Å²) in [7, 11) is 0. The standard InChI is InChI=1S/C28H29F3N4O4/c1-19-21(18-35(33-19)23-10-8-22(9-11-23)28(29,30)31)17-34(32-15-25-5-4-14-38-25)16-20-6-12-24(13-7-20)39-27(2,3)26(36)37/h4-14,18,32H,15-17H2,1-3H3,(H,36,37). The van der Waals surface area contributed by atoms with E-state index < -0.39 is 23.3 Å². The highest BCUT2D eigenvalue weighted by atomic mass is 19.4. The molecule has 4 aromatic rings. The van der Waals surface area contributed by atoms with Gasteiger partial charge >= 0.3 is 12.1 Å². The van der Waals surface area contributed by atoms with Crippen molar-refractivity contribution in [3.05, 3.63) is 101 Å². The van der Waals surface area contributed by atoms with E-state index in [9.17, 15) is 23.1 Å². The number of aryl methyl sites for hydroxylation is 1. The molecule has 0 radical (unpaired) electrons. The van der Waals surface area contributed by atoms with Gasteiger partial charge in [0.05, 0.1) is 29.8 Å². The van der Waals surface area contributed by atoms with E-state index in [0.29, 0.717) is 31.1 Å². The maximum Gasteiger partial charge on any atom is 0.416 e. The Kier molecular flexibility index (Phi) is 8.12. The highest BCUT2D eigenvalue weighted by Crippen LogP contribution is 2.29. The molecule has 0 unspecified atom stereocenters. The Bertz CT molecular complexity index is 1380. The molecule has 0 spiro atoms. The zero-order valence-corrected chi connectivity index (χ0v) is 21.7. The Labute approximate surface area is 223 Å². The number of rotatable bonds is 11. The fraction of sp³-hybridized carbons (Fsp3) is 0.286. The van der Waals surface area contributed by atoms with E-state index in [4.69, 9.17) is 9.15 Å². The largest absolute Gasteiger partial charge is 0.478 e. The third-order valence-corrected chi connectivity index (χ3v) is 6.06. The number of ether oxygens (including phenoxy) is 1. The SMILES string of the molecule is Cc1nn(-c2ccc(C(F)(F)F)cc2)cc1CN(Cc1ccc(OC(C)(C)C(=O)O)cc1)NCc1ccco1. The first-order valence-corrected chi connectivity index (χ1v) is 12.2. The Morgan fingerprint density at radius 1 is 1.08 bits per heavy atom. The second-order valence-electron chi connectivity index (χ2n) is 9.56. The molecular formula is C28H29F3N4O4. The third kappa shape index (κ3) is 7.27. The number of aromatic nitrogens is 2. The van der Waals surface area contributed by atoms with Crippen molar-refractivity contribution in [1.82, 2.24) is 20.2 Å². The van der Waals surface area contributed by atoms with Crippen LogP contribution in [0.5, 0.6) is 5.75 Å². The van der Waals surface area contributed by atoms with Gasteiger partial charge in [-0.15, -0.1) is 0 Å². The van der Waals surface area contributed by atoms with Gasteiger partial charge in [0.25, 0.3) is 0 Å². The number of carboxylic acids is 1. The minimum Gasteiger partial charge on any atom is -0.478 e. The lowest BCUT2D eigenvalue weighted by Crippen LogP contribution is -2.38. The average Bonchev–Trinajstić information content (AvgIpc) is 3.53. The molecular weight excluding hydrogens is 513 g/mol. The van der Waals surface area contributed by atoms with E-state index in [2.05, 4.69) is 10.5 Å². The molecule has 2 N–H and O–H groups in total. The number of carbonyl (C=O) groups is 1. The Hall–Kier alpha value is -4.09. The average molecular weight is 543 g/mol. The van der Waals surface area contributed by atoms with Crippen molar-refractivity contribution in [3.8, 4) is 11.4 Å². The van der Waals surface area contributed by atoms with Crippen LogP contribution in [0.1, 0.15) is 42.0 Å². The summed E-state index contributed by atoms with van der Waals surface area (Å²) in [5.41, 5.74) is 4.36. The summed E-state index contributed by atoms with van der Waals surface area (Å²) in [5, 5.41) is 15.8. The lowest BCUT2D eigenvalue weighted by molar-refractivity contribution is -0.152. The van der Waals surface area contributed by atoms with E-state index in [0.717, 1.165) is 34.7 Å². The summed E-state index contributed by atoms with van der Waals surface area (Å²) in [5.74, 6) is 0.124. The summed E-state index contributed by atoms with van der Waals surface area (Å²) >= 11 is 0. The molecule has 0 atom stereocenters. The van der Waals surface area contributed by atoms with Gasteiger partial charge in [-0.3, -0.25) is 0 Å². The number of halogens is 3. The second-order valence-corrected chi connectivity index (χ2v) is 9.56. The molecule has 39 heavy (non-hydrogen) atoms. The first-order valence-electron chi connectivity index (χ1n) is 12.2. The molecule has 2 aromatic heterocycles. The third-order valence-electron chi connectivity index (χ3n) is 6.06. The highest BCUT2D eigenvalue weighted by Gasteiger charge is 2.30. The summed E-state index contributed by atoms with van der Waals surface area (Å²) in [6.07, 6.45) is -1.01. The molecule has 0 fully saturated rings. The van der Waals surface area contributed by atoms with Crippen molar-refractivity contribution in [1.29, 1.82) is 0 Å². The number of hydrazine groups is 1. The van der Waals surface area contributed by atoms with Crippen molar-refractivity contribution >= 4 is 5.97 Å². The van der Waals surface area contributed by atoms with Crippen LogP contribution in [-0.4, -0.2) is 31.5 Å². The predicted octanol–water partition coefficient (Wildman–Crippen LogP) is 5.74. The number of alkyl halides is 3. The van der Waals surface area contributed by atoms with Gasteiger partial charge in [0.1, 0.15) is 11.5 Å². The van der Waals surface area contributed by atoms with Crippen LogP contribution in [0.4, 0.5) is 13.2 Å². The van der Waals surface area contributed by atoms with Crippen LogP contribution < -0.4 is 10.2 Å². The van der Waals surface area contributed by atoms with Crippen LogP contribution >= 0.6 is 0 Å². The fourth-order valence-corrected chi connectivity index (χ4v) is 3.78. The van der Waals surface area contributed by atoms with Crippen molar-refractivity contribution in [2.75, 3.05) is 0 Å². The van der Waals surface area contributed by atoms with Crippen LogP contribution in [0.3, 0.4) is 0 Å². The normalized spacial score (nSPS) is 12.2. The maximum absolute atomic E-state index is 12.9. The van der Waals surface area contributed by atoms with E-state index in [1.54, 1.807) is 35.3 Å². The van der Waals surface area contributed by atoms with Gasteiger partial charge in [0, 0.05) is 24.8 Å².